The Morgan fingerprint density at radius 1 is 1.17 bits per heavy atom. The van der Waals surface area contributed by atoms with Crippen molar-refractivity contribution in [2.75, 3.05) is 32.7 Å². The maximum Gasteiger partial charge on any atom is 0.410 e. The number of carbonyl (C=O) groups excluding carboxylic acids is 1. The van der Waals surface area contributed by atoms with E-state index in [1.165, 1.54) is 0 Å². The molecule has 1 atom stereocenters. The number of nitrogens with one attached hydrogen (secondary N) is 1. The number of ether oxygens (including phenoxy) is 1. The fourth-order valence-electron chi connectivity index (χ4n) is 3.42. The summed E-state index contributed by atoms with van der Waals surface area (Å²) in [5.41, 5.74) is -0.477. The highest BCUT2D eigenvalue weighted by Crippen LogP contribution is 2.18. The van der Waals surface area contributed by atoms with Crippen LogP contribution in [-0.2, 0) is 4.74 Å². The Kier molecular flexibility index (Phi) is 6.80. The molecule has 0 saturated carbocycles. The number of carbonyl (C=O) groups is 1. The van der Waals surface area contributed by atoms with Gasteiger partial charge in [-0.05, 0) is 59.5 Å². The quantitative estimate of drug-likeness (QED) is 0.849. The first-order valence-electron chi connectivity index (χ1n) is 8.97. The lowest BCUT2D eigenvalue weighted by Gasteiger charge is -2.38. The number of rotatable bonds is 4. The maximum absolute atomic E-state index is 12.4. The summed E-state index contributed by atoms with van der Waals surface area (Å²) < 4.78 is 30.3. The summed E-state index contributed by atoms with van der Waals surface area (Å²) >= 11 is 0. The summed E-state index contributed by atoms with van der Waals surface area (Å²) in [5, 5.41) is 3.62. The molecule has 0 aromatic rings. The van der Waals surface area contributed by atoms with Gasteiger partial charge in [0.2, 0.25) is 0 Å². The summed E-state index contributed by atoms with van der Waals surface area (Å²) in [5.74, 6) is 0. The van der Waals surface area contributed by atoms with Crippen molar-refractivity contribution in [3.05, 3.63) is 0 Å². The average molecular weight is 347 g/mol. The molecule has 0 spiro atoms. The lowest BCUT2D eigenvalue weighted by atomic mass is 10.0. The standard InChI is InChI=1S/C17H31F2N3O2/c1-17(2,3)24-16(23)22-8-4-5-14(11-22)20-13-6-9-21(10-7-13)12-15(18)19/h13-15,20H,4-12H2,1-3H3/t14-/m0/s1. The molecule has 2 fully saturated rings. The van der Waals surface area contributed by atoms with Crippen molar-refractivity contribution < 1.29 is 18.3 Å². The molecule has 2 aliphatic heterocycles. The summed E-state index contributed by atoms with van der Waals surface area (Å²) in [6, 6.07) is 0.612. The third-order valence-corrected chi connectivity index (χ3v) is 4.53. The largest absolute Gasteiger partial charge is 0.444 e. The van der Waals surface area contributed by atoms with E-state index in [1.807, 2.05) is 25.7 Å². The van der Waals surface area contributed by atoms with Crippen LogP contribution in [0.15, 0.2) is 0 Å². The van der Waals surface area contributed by atoms with E-state index >= 15 is 0 Å². The number of hydrogen-bond acceptors (Lipinski definition) is 4. The van der Waals surface area contributed by atoms with Gasteiger partial charge in [0, 0.05) is 25.2 Å². The molecule has 7 heteroatoms. The highest BCUT2D eigenvalue weighted by molar-refractivity contribution is 5.68. The topological polar surface area (TPSA) is 44.8 Å². The van der Waals surface area contributed by atoms with E-state index in [0.717, 1.165) is 32.2 Å². The van der Waals surface area contributed by atoms with Crippen LogP contribution >= 0.6 is 0 Å². The second-order valence-corrected chi connectivity index (χ2v) is 7.90. The molecule has 0 unspecified atom stereocenters. The highest BCUT2D eigenvalue weighted by Gasteiger charge is 2.29. The minimum Gasteiger partial charge on any atom is -0.444 e. The summed E-state index contributed by atoms with van der Waals surface area (Å²) in [6.45, 7) is 8.32. The van der Waals surface area contributed by atoms with E-state index in [0.29, 0.717) is 25.7 Å². The average Bonchev–Trinajstić information content (AvgIpc) is 2.47. The number of hydrogen-bond donors (Lipinski definition) is 1. The lowest BCUT2D eigenvalue weighted by molar-refractivity contribution is 0.0177. The second kappa shape index (κ2) is 8.43. The number of halogens is 2. The van der Waals surface area contributed by atoms with Gasteiger partial charge in [-0.25, -0.2) is 13.6 Å². The first-order chi connectivity index (χ1) is 11.2. The zero-order valence-corrected chi connectivity index (χ0v) is 15.1. The van der Waals surface area contributed by atoms with E-state index < -0.39 is 12.0 Å². The molecule has 2 aliphatic rings. The predicted octanol–water partition coefficient (Wildman–Crippen LogP) is 2.71. The van der Waals surface area contributed by atoms with Gasteiger partial charge < -0.3 is 15.0 Å². The molecule has 0 radical (unpaired) electrons. The molecule has 24 heavy (non-hydrogen) atoms. The summed E-state index contributed by atoms with van der Waals surface area (Å²) in [4.78, 5) is 15.8. The molecule has 0 aromatic carbocycles. The van der Waals surface area contributed by atoms with Crippen LogP contribution in [0, 0.1) is 0 Å². The van der Waals surface area contributed by atoms with Crippen LogP contribution in [0.1, 0.15) is 46.5 Å². The Bertz CT molecular complexity index is 407. The highest BCUT2D eigenvalue weighted by atomic mass is 19.3. The first-order valence-corrected chi connectivity index (χ1v) is 8.97. The molecule has 5 nitrogen and oxygen atoms in total. The van der Waals surface area contributed by atoms with Crippen molar-refractivity contribution in [1.29, 1.82) is 0 Å². The molecular formula is C17H31F2N3O2. The van der Waals surface area contributed by atoms with Crippen LogP contribution in [0.2, 0.25) is 0 Å². The van der Waals surface area contributed by atoms with Crippen LogP contribution in [0.3, 0.4) is 0 Å². The molecule has 2 saturated heterocycles. The minimum absolute atomic E-state index is 0.122. The zero-order chi connectivity index (χ0) is 17.7. The van der Waals surface area contributed by atoms with Gasteiger partial charge in [0.15, 0.2) is 0 Å². The van der Waals surface area contributed by atoms with Crippen molar-refractivity contribution in [2.24, 2.45) is 0 Å². The molecule has 2 rings (SSSR count). The van der Waals surface area contributed by atoms with Gasteiger partial charge in [-0.1, -0.05) is 0 Å². The number of alkyl halides is 2. The van der Waals surface area contributed by atoms with Crippen molar-refractivity contribution in [2.45, 2.75) is 70.6 Å². The monoisotopic (exact) mass is 347 g/mol. The third-order valence-electron chi connectivity index (χ3n) is 4.53. The molecule has 0 aliphatic carbocycles. The van der Waals surface area contributed by atoms with Crippen LogP contribution in [0.4, 0.5) is 13.6 Å². The Balaban J connectivity index is 1.74. The smallest absolute Gasteiger partial charge is 0.410 e. The minimum atomic E-state index is -2.25. The second-order valence-electron chi connectivity index (χ2n) is 7.90. The Labute approximate surface area is 143 Å². The molecule has 1 amide bonds. The van der Waals surface area contributed by atoms with Crippen molar-refractivity contribution in [3.63, 3.8) is 0 Å². The summed E-state index contributed by atoms with van der Waals surface area (Å²) in [7, 11) is 0. The van der Waals surface area contributed by atoms with E-state index in [9.17, 15) is 13.6 Å². The SMILES string of the molecule is CC(C)(C)OC(=O)N1CCC[C@H](NC2CCN(CC(F)F)CC2)C1. The van der Waals surface area contributed by atoms with Crippen LogP contribution < -0.4 is 5.32 Å². The van der Waals surface area contributed by atoms with E-state index in [-0.39, 0.29) is 18.7 Å². The van der Waals surface area contributed by atoms with Gasteiger partial charge >= 0.3 is 6.09 Å². The molecular weight excluding hydrogens is 316 g/mol. The normalized spacial score (nSPS) is 24.4. The van der Waals surface area contributed by atoms with Crippen molar-refractivity contribution >= 4 is 6.09 Å². The number of likely N-dealkylation sites (tertiary alicyclic amines) is 2. The summed E-state index contributed by atoms with van der Waals surface area (Å²) in [6.07, 6.45) is 1.26. The van der Waals surface area contributed by atoms with Gasteiger partial charge in [-0.3, -0.25) is 4.90 Å². The van der Waals surface area contributed by atoms with Gasteiger partial charge in [0.1, 0.15) is 5.60 Å². The zero-order valence-electron chi connectivity index (χ0n) is 15.1. The Morgan fingerprint density at radius 3 is 2.42 bits per heavy atom. The van der Waals surface area contributed by atoms with E-state index in [1.54, 1.807) is 4.90 Å². The number of nitrogens with zero attached hydrogens (tertiary/aromatic N) is 2. The maximum atomic E-state index is 12.4. The predicted molar refractivity (Wildman–Crippen MR) is 89.4 cm³/mol. The molecule has 1 N–H and O–H groups in total. The van der Waals surface area contributed by atoms with E-state index in [4.69, 9.17) is 4.74 Å². The molecule has 0 bridgehead atoms. The lowest BCUT2D eigenvalue weighted by Crippen LogP contribution is -2.53. The van der Waals surface area contributed by atoms with Gasteiger partial charge in [0.25, 0.3) is 6.43 Å². The van der Waals surface area contributed by atoms with E-state index in [2.05, 4.69) is 5.32 Å². The van der Waals surface area contributed by atoms with Crippen LogP contribution in [0.5, 0.6) is 0 Å². The number of amides is 1. The van der Waals surface area contributed by atoms with Crippen LogP contribution in [-0.4, -0.2) is 72.7 Å². The van der Waals surface area contributed by atoms with Gasteiger partial charge in [-0.15, -0.1) is 0 Å². The fraction of sp³-hybridized carbons (Fsp3) is 0.941. The van der Waals surface area contributed by atoms with Gasteiger partial charge in [-0.2, -0.15) is 0 Å². The van der Waals surface area contributed by atoms with Crippen molar-refractivity contribution in [3.8, 4) is 0 Å². The first kappa shape index (κ1) is 19.4. The number of piperidine rings is 2. The molecule has 2 heterocycles. The Morgan fingerprint density at radius 2 is 1.83 bits per heavy atom. The molecule has 0 aromatic heterocycles. The van der Waals surface area contributed by atoms with Crippen molar-refractivity contribution in [1.82, 2.24) is 15.1 Å². The molecule has 140 valence electrons. The third kappa shape index (κ3) is 6.51. The van der Waals surface area contributed by atoms with Gasteiger partial charge in [0.05, 0.1) is 6.54 Å². The Hall–Kier alpha value is -0.950. The fourth-order valence-corrected chi connectivity index (χ4v) is 3.42. The van der Waals surface area contributed by atoms with Crippen LogP contribution in [0.25, 0.3) is 0 Å².